The molecule has 2 aliphatic rings. The highest BCUT2D eigenvalue weighted by molar-refractivity contribution is 6.29. The molecule has 122 valence electrons. The smallest absolute Gasteiger partial charge is 0.229 e. The van der Waals surface area contributed by atoms with Gasteiger partial charge in [0.05, 0.1) is 24.4 Å². The number of rotatable bonds is 3. The number of morpholine rings is 1. The van der Waals surface area contributed by atoms with Gasteiger partial charge in [0.1, 0.15) is 0 Å². The van der Waals surface area contributed by atoms with Gasteiger partial charge in [-0.15, -0.1) is 0 Å². The van der Waals surface area contributed by atoms with E-state index >= 15 is 0 Å². The van der Waals surface area contributed by atoms with Gasteiger partial charge in [0, 0.05) is 31.6 Å². The van der Waals surface area contributed by atoms with Crippen molar-refractivity contribution in [1.82, 2.24) is 15.0 Å². The van der Waals surface area contributed by atoms with E-state index in [1.165, 1.54) is 0 Å². The quantitative estimate of drug-likeness (QED) is 0.842. The summed E-state index contributed by atoms with van der Waals surface area (Å²) in [5.74, 6) is 0.158. The fourth-order valence-corrected chi connectivity index (χ4v) is 3.62. The molecule has 1 aromatic heterocycles. The van der Waals surface area contributed by atoms with Gasteiger partial charge < -0.3 is 19.1 Å². The molecule has 3 rings (SSSR count). The highest BCUT2D eigenvalue weighted by Gasteiger charge is 2.38. The minimum Gasteiger partial charge on any atom is -0.374 e. The molecule has 0 spiro atoms. The van der Waals surface area contributed by atoms with Crippen LogP contribution in [-0.4, -0.2) is 66.3 Å². The van der Waals surface area contributed by atoms with Crippen LogP contribution in [0.5, 0.6) is 0 Å². The molecule has 2 saturated heterocycles. The molecule has 0 aliphatic carbocycles. The minimum absolute atomic E-state index is 0.158. The van der Waals surface area contributed by atoms with Crippen LogP contribution in [0.4, 0.5) is 0 Å². The molecule has 0 bridgehead atoms. The van der Waals surface area contributed by atoms with Crippen molar-refractivity contribution >= 4 is 17.5 Å². The van der Waals surface area contributed by atoms with Crippen molar-refractivity contribution < 1.29 is 14.1 Å². The number of likely N-dealkylation sites (N-methyl/N-ethyl adjacent to an activating group) is 1. The highest BCUT2D eigenvalue weighted by Crippen LogP contribution is 2.25. The summed E-state index contributed by atoms with van der Waals surface area (Å²) in [4.78, 5) is 16.9. The average Bonchev–Trinajstić information content (AvgIpc) is 2.83. The van der Waals surface area contributed by atoms with E-state index in [2.05, 4.69) is 17.1 Å². The zero-order valence-electron chi connectivity index (χ0n) is 13.0. The van der Waals surface area contributed by atoms with E-state index in [1.807, 2.05) is 11.8 Å². The van der Waals surface area contributed by atoms with Gasteiger partial charge in [-0.05, 0) is 38.4 Å². The summed E-state index contributed by atoms with van der Waals surface area (Å²) in [5.41, 5.74) is 1.59. The van der Waals surface area contributed by atoms with Crippen molar-refractivity contribution in [1.29, 1.82) is 0 Å². The van der Waals surface area contributed by atoms with Crippen molar-refractivity contribution in [2.45, 2.75) is 38.3 Å². The molecule has 1 amide bonds. The number of likely N-dealkylation sites (tertiary alicyclic amines) is 1. The van der Waals surface area contributed by atoms with Crippen LogP contribution in [0.1, 0.15) is 24.1 Å². The summed E-state index contributed by atoms with van der Waals surface area (Å²) in [6.07, 6.45) is 2.16. The van der Waals surface area contributed by atoms with Gasteiger partial charge in [-0.25, -0.2) is 0 Å². The lowest BCUT2D eigenvalue weighted by Crippen LogP contribution is -2.60. The average molecular weight is 328 g/mol. The Labute approximate surface area is 135 Å². The molecular formula is C15H22ClN3O3. The summed E-state index contributed by atoms with van der Waals surface area (Å²) in [5, 5.41) is 4.12. The molecule has 6 nitrogen and oxygen atoms in total. The van der Waals surface area contributed by atoms with Gasteiger partial charge >= 0.3 is 0 Å². The van der Waals surface area contributed by atoms with Crippen LogP contribution in [-0.2, 0) is 16.0 Å². The Hall–Kier alpha value is -1.11. The lowest BCUT2D eigenvalue weighted by molar-refractivity contribution is -0.151. The summed E-state index contributed by atoms with van der Waals surface area (Å²) in [7, 11) is 2.09. The molecule has 0 saturated carbocycles. The number of aryl methyl sites for hydroxylation is 1. The topological polar surface area (TPSA) is 58.8 Å². The molecule has 1 aromatic rings. The van der Waals surface area contributed by atoms with Gasteiger partial charge in [0.2, 0.25) is 11.1 Å². The van der Waals surface area contributed by atoms with E-state index in [0.717, 1.165) is 30.8 Å². The molecule has 2 atom stereocenters. The predicted molar refractivity (Wildman–Crippen MR) is 81.9 cm³/mol. The van der Waals surface area contributed by atoms with Crippen LogP contribution >= 0.6 is 11.6 Å². The first-order valence-corrected chi connectivity index (χ1v) is 8.14. The van der Waals surface area contributed by atoms with E-state index in [9.17, 15) is 4.79 Å². The number of nitrogens with zero attached hydrogens (tertiary/aromatic N) is 3. The zero-order chi connectivity index (χ0) is 15.7. The number of hydrogen-bond donors (Lipinski definition) is 0. The SMILES string of the molecule is Cc1noc(Cl)c1CCC(=O)N1CCO[C@@H]2CCN(C)C[C@H]21. The lowest BCUT2D eigenvalue weighted by Gasteiger charge is -2.46. The second kappa shape index (κ2) is 6.56. The van der Waals surface area contributed by atoms with Crippen molar-refractivity contribution in [2.24, 2.45) is 0 Å². The second-order valence-corrected chi connectivity index (χ2v) is 6.48. The van der Waals surface area contributed by atoms with Gasteiger partial charge in [0.15, 0.2) is 0 Å². The number of carbonyl (C=O) groups excluding carboxylic acids is 1. The molecule has 2 fully saturated rings. The zero-order valence-corrected chi connectivity index (χ0v) is 13.8. The molecule has 2 aliphatic heterocycles. The third kappa shape index (κ3) is 3.14. The maximum Gasteiger partial charge on any atom is 0.229 e. The van der Waals surface area contributed by atoms with E-state index in [4.69, 9.17) is 20.9 Å². The van der Waals surface area contributed by atoms with Crippen LogP contribution < -0.4 is 0 Å². The molecule has 0 N–H and O–H groups in total. The Balaban J connectivity index is 1.63. The summed E-state index contributed by atoms with van der Waals surface area (Å²) >= 11 is 5.96. The Morgan fingerprint density at radius 1 is 1.45 bits per heavy atom. The predicted octanol–water partition coefficient (Wildman–Crippen LogP) is 1.50. The summed E-state index contributed by atoms with van der Waals surface area (Å²) < 4.78 is 10.8. The third-order valence-corrected chi connectivity index (χ3v) is 4.93. The van der Waals surface area contributed by atoms with Crippen LogP contribution in [0, 0.1) is 6.92 Å². The largest absolute Gasteiger partial charge is 0.374 e. The first-order valence-electron chi connectivity index (χ1n) is 7.76. The molecule has 7 heteroatoms. The monoisotopic (exact) mass is 327 g/mol. The second-order valence-electron chi connectivity index (χ2n) is 6.13. The number of hydrogen-bond acceptors (Lipinski definition) is 5. The number of fused-ring (bicyclic) bond motifs is 1. The van der Waals surface area contributed by atoms with Crippen molar-refractivity contribution in [3.05, 3.63) is 16.5 Å². The number of carbonyl (C=O) groups is 1. The molecule has 0 radical (unpaired) electrons. The highest BCUT2D eigenvalue weighted by atomic mass is 35.5. The fourth-order valence-electron chi connectivity index (χ4n) is 3.36. The Morgan fingerprint density at radius 2 is 2.27 bits per heavy atom. The first-order chi connectivity index (χ1) is 10.6. The van der Waals surface area contributed by atoms with Crippen LogP contribution in [0.25, 0.3) is 0 Å². The van der Waals surface area contributed by atoms with E-state index in [-0.39, 0.29) is 18.1 Å². The van der Waals surface area contributed by atoms with Gasteiger partial charge in [-0.2, -0.15) is 0 Å². The minimum atomic E-state index is 0.158. The summed E-state index contributed by atoms with van der Waals surface area (Å²) in [6, 6.07) is 0.166. The van der Waals surface area contributed by atoms with Gasteiger partial charge in [-0.3, -0.25) is 4.79 Å². The number of piperidine rings is 1. The van der Waals surface area contributed by atoms with Crippen LogP contribution in [0.2, 0.25) is 5.22 Å². The molecule has 0 unspecified atom stereocenters. The third-order valence-electron chi connectivity index (χ3n) is 4.63. The van der Waals surface area contributed by atoms with Gasteiger partial charge in [-0.1, -0.05) is 5.16 Å². The molecular weight excluding hydrogens is 306 g/mol. The van der Waals surface area contributed by atoms with Crippen molar-refractivity contribution in [3.8, 4) is 0 Å². The van der Waals surface area contributed by atoms with Crippen molar-refractivity contribution in [3.63, 3.8) is 0 Å². The normalized spacial score (nSPS) is 26.0. The maximum absolute atomic E-state index is 12.6. The fraction of sp³-hybridized carbons (Fsp3) is 0.733. The number of amides is 1. The lowest BCUT2D eigenvalue weighted by atomic mass is 9.98. The van der Waals surface area contributed by atoms with E-state index < -0.39 is 0 Å². The van der Waals surface area contributed by atoms with E-state index in [1.54, 1.807) is 0 Å². The Bertz CT molecular complexity index is 529. The van der Waals surface area contributed by atoms with E-state index in [0.29, 0.717) is 31.2 Å². The maximum atomic E-state index is 12.6. The number of halogens is 1. The number of aromatic nitrogens is 1. The molecule has 22 heavy (non-hydrogen) atoms. The van der Waals surface area contributed by atoms with Crippen LogP contribution in [0.3, 0.4) is 0 Å². The van der Waals surface area contributed by atoms with Crippen LogP contribution in [0.15, 0.2) is 4.52 Å². The molecule has 0 aromatic carbocycles. The van der Waals surface area contributed by atoms with Gasteiger partial charge in [0.25, 0.3) is 0 Å². The summed E-state index contributed by atoms with van der Waals surface area (Å²) in [6.45, 7) is 5.05. The Kier molecular flexibility index (Phi) is 4.70. The standard InChI is InChI=1S/C15H22ClN3O3/c1-10-11(15(16)22-17-10)3-4-14(20)19-7-8-21-13-5-6-18(2)9-12(13)19/h12-13H,3-9H2,1-2H3/t12-,13-/m1/s1. The number of ether oxygens (including phenoxy) is 1. The Morgan fingerprint density at radius 3 is 3.00 bits per heavy atom. The molecule has 3 heterocycles. The first kappa shape index (κ1) is 15.8. The van der Waals surface area contributed by atoms with Crippen molar-refractivity contribution in [2.75, 3.05) is 33.3 Å².